The Kier molecular flexibility index (Phi) is 1.79. The third kappa shape index (κ3) is 1.50. The standard InChI is InChI=1S/C5H8N2O2/c8-3-4-1-2-5(9)7-6-4/h8H,1-3H2,(H,7,9). The largest absolute Gasteiger partial charge is 0.390 e. The summed E-state index contributed by atoms with van der Waals surface area (Å²) in [6, 6.07) is 0. The number of hydrogen-bond acceptors (Lipinski definition) is 3. The van der Waals surface area contributed by atoms with Gasteiger partial charge in [-0.1, -0.05) is 0 Å². The Morgan fingerprint density at radius 3 is 2.89 bits per heavy atom. The number of hydrogen-bond donors (Lipinski definition) is 2. The summed E-state index contributed by atoms with van der Waals surface area (Å²) in [5.41, 5.74) is 2.92. The molecule has 0 aromatic rings. The minimum atomic E-state index is -0.0767. The normalized spacial score (nSPS) is 18.8. The van der Waals surface area contributed by atoms with E-state index in [1.807, 2.05) is 0 Å². The molecule has 1 amide bonds. The minimum absolute atomic E-state index is 0.0553. The first-order chi connectivity index (χ1) is 4.33. The van der Waals surface area contributed by atoms with Gasteiger partial charge in [0.25, 0.3) is 0 Å². The van der Waals surface area contributed by atoms with E-state index in [1.165, 1.54) is 0 Å². The summed E-state index contributed by atoms with van der Waals surface area (Å²) in [5, 5.41) is 12.1. The molecule has 0 aliphatic carbocycles. The van der Waals surface area contributed by atoms with Gasteiger partial charge in [-0.25, -0.2) is 5.43 Å². The van der Waals surface area contributed by atoms with Crippen molar-refractivity contribution in [2.75, 3.05) is 6.61 Å². The summed E-state index contributed by atoms with van der Waals surface area (Å²) in [6.45, 7) is -0.0553. The van der Waals surface area contributed by atoms with E-state index in [9.17, 15) is 4.79 Å². The molecule has 4 nitrogen and oxygen atoms in total. The monoisotopic (exact) mass is 128 g/mol. The average Bonchev–Trinajstić information content (AvgIpc) is 1.90. The number of amides is 1. The SMILES string of the molecule is O=C1CCC(CO)=NN1. The summed E-state index contributed by atoms with van der Waals surface area (Å²) in [4.78, 5) is 10.4. The van der Waals surface area contributed by atoms with Crippen LogP contribution in [-0.4, -0.2) is 23.3 Å². The minimum Gasteiger partial charge on any atom is -0.390 e. The molecule has 0 unspecified atom stereocenters. The van der Waals surface area contributed by atoms with Gasteiger partial charge in [-0.2, -0.15) is 5.10 Å². The quantitative estimate of drug-likeness (QED) is 0.488. The Morgan fingerprint density at radius 2 is 2.44 bits per heavy atom. The Morgan fingerprint density at radius 1 is 1.67 bits per heavy atom. The summed E-state index contributed by atoms with van der Waals surface area (Å²) in [6.07, 6.45) is 1.03. The van der Waals surface area contributed by atoms with Crippen LogP contribution in [0.2, 0.25) is 0 Å². The maximum Gasteiger partial charge on any atom is 0.240 e. The molecule has 2 N–H and O–H groups in total. The van der Waals surface area contributed by atoms with Gasteiger partial charge in [0, 0.05) is 6.42 Å². The zero-order chi connectivity index (χ0) is 6.69. The van der Waals surface area contributed by atoms with Crippen molar-refractivity contribution in [2.45, 2.75) is 12.8 Å². The summed E-state index contributed by atoms with van der Waals surface area (Å²) in [7, 11) is 0. The van der Waals surface area contributed by atoms with Gasteiger partial charge in [-0.3, -0.25) is 4.79 Å². The van der Waals surface area contributed by atoms with Crippen LogP contribution in [-0.2, 0) is 4.79 Å². The zero-order valence-corrected chi connectivity index (χ0v) is 4.92. The van der Waals surface area contributed by atoms with Crippen molar-refractivity contribution in [3.05, 3.63) is 0 Å². The summed E-state index contributed by atoms with van der Waals surface area (Å²) < 4.78 is 0. The summed E-state index contributed by atoms with van der Waals surface area (Å²) >= 11 is 0. The van der Waals surface area contributed by atoms with Gasteiger partial charge in [0.15, 0.2) is 0 Å². The second kappa shape index (κ2) is 2.59. The fourth-order valence-electron chi connectivity index (χ4n) is 0.625. The molecule has 9 heavy (non-hydrogen) atoms. The fraction of sp³-hybridized carbons (Fsp3) is 0.600. The number of aliphatic hydroxyl groups excluding tert-OH is 1. The molecule has 1 aliphatic heterocycles. The van der Waals surface area contributed by atoms with E-state index in [0.717, 1.165) is 0 Å². The second-order valence-electron chi connectivity index (χ2n) is 1.87. The maximum absolute atomic E-state index is 10.4. The molecule has 0 atom stereocenters. The Hall–Kier alpha value is -0.900. The van der Waals surface area contributed by atoms with Crippen molar-refractivity contribution in [3.8, 4) is 0 Å². The lowest BCUT2D eigenvalue weighted by Gasteiger charge is -2.08. The van der Waals surface area contributed by atoms with E-state index in [2.05, 4.69) is 10.5 Å². The van der Waals surface area contributed by atoms with E-state index in [-0.39, 0.29) is 12.5 Å². The number of nitrogens with one attached hydrogen (secondary N) is 1. The molecule has 0 fully saturated rings. The summed E-state index contributed by atoms with van der Waals surface area (Å²) in [5.74, 6) is -0.0767. The van der Waals surface area contributed by atoms with Gasteiger partial charge in [0.05, 0.1) is 12.3 Å². The number of aliphatic hydroxyl groups is 1. The molecule has 1 aliphatic rings. The fourth-order valence-corrected chi connectivity index (χ4v) is 0.625. The zero-order valence-electron chi connectivity index (χ0n) is 4.92. The molecule has 0 aromatic carbocycles. The highest BCUT2D eigenvalue weighted by Gasteiger charge is 2.08. The van der Waals surface area contributed by atoms with Crippen molar-refractivity contribution in [3.63, 3.8) is 0 Å². The maximum atomic E-state index is 10.4. The first-order valence-corrected chi connectivity index (χ1v) is 2.78. The Bertz CT molecular complexity index is 153. The Balaban J connectivity index is 2.50. The van der Waals surface area contributed by atoms with Crippen molar-refractivity contribution in [1.29, 1.82) is 0 Å². The lowest BCUT2D eigenvalue weighted by molar-refractivity contribution is -0.121. The molecule has 0 aromatic heterocycles. The van der Waals surface area contributed by atoms with Crippen LogP contribution in [0.4, 0.5) is 0 Å². The molecule has 4 heteroatoms. The van der Waals surface area contributed by atoms with Crippen LogP contribution >= 0.6 is 0 Å². The van der Waals surface area contributed by atoms with Crippen LogP contribution in [0.3, 0.4) is 0 Å². The molecule has 50 valence electrons. The predicted octanol–water partition coefficient (Wildman–Crippen LogP) is -0.755. The highest BCUT2D eigenvalue weighted by molar-refractivity contribution is 5.93. The van der Waals surface area contributed by atoms with E-state index in [1.54, 1.807) is 0 Å². The van der Waals surface area contributed by atoms with Crippen LogP contribution in [0.15, 0.2) is 5.10 Å². The van der Waals surface area contributed by atoms with Crippen molar-refractivity contribution in [2.24, 2.45) is 5.10 Å². The molecule has 0 bridgehead atoms. The number of carbonyl (C=O) groups is 1. The lowest BCUT2D eigenvalue weighted by Crippen LogP contribution is -2.26. The number of rotatable bonds is 1. The highest BCUT2D eigenvalue weighted by atomic mass is 16.3. The van der Waals surface area contributed by atoms with Gasteiger partial charge >= 0.3 is 0 Å². The van der Waals surface area contributed by atoms with Crippen LogP contribution in [0.1, 0.15) is 12.8 Å². The molecule has 0 spiro atoms. The third-order valence-corrected chi connectivity index (χ3v) is 1.16. The van der Waals surface area contributed by atoms with E-state index in [4.69, 9.17) is 5.11 Å². The van der Waals surface area contributed by atoms with Crippen LogP contribution in [0, 0.1) is 0 Å². The van der Waals surface area contributed by atoms with Crippen molar-refractivity contribution >= 4 is 11.6 Å². The van der Waals surface area contributed by atoms with Crippen LogP contribution < -0.4 is 5.43 Å². The molecule has 1 rings (SSSR count). The number of carbonyl (C=O) groups excluding carboxylic acids is 1. The van der Waals surface area contributed by atoms with E-state index >= 15 is 0 Å². The molecule has 0 saturated heterocycles. The van der Waals surface area contributed by atoms with Crippen molar-refractivity contribution < 1.29 is 9.90 Å². The molecular formula is C5H8N2O2. The van der Waals surface area contributed by atoms with Crippen molar-refractivity contribution in [1.82, 2.24) is 5.43 Å². The van der Waals surface area contributed by atoms with E-state index in [0.29, 0.717) is 18.6 Å². The predicted molar refractivity (Wildman–Crippen MR) is 31.9 cm³/mol. The molecule has 0 saturated carbocycles. The van der Waals surface area contributed by atoms with Gasteiger partial charge in [0.1, 0.15) is 0 Å². The van der Waals surface area contributed by atoms with E-state index < -0.39 is 0 Å². The first kappa shape index (κ1) is 6.22. The van der Waals surface area contributed by atoms with Crippen LogP contribution in [0.25, 0.3) is 0 Å². The third-order valence-electron chi connectivity index (χ3n) is 1.16. The molecular weight excluding hydrogens is 120 g/mol. The van der Waals surface area contributed by atoms with Gasteiger partial charge in [0.2, 0.25) is 5.91 Å². The Labute approximate surface area is 52.6 Å². The van der Waals surface area contributed by atoms with Crippen LogP contribution in [0.5, 0.6) is 0 Å². The topological polar surface area (TPSA) is 61.7 Å². The molecule has 0 radical (unpaired) electrons. The smallest absolute Gasteiger partial charge is 0.240 e. The number of nitrogens with zero attached hydrogens (tertiary/aromatic N) is 1. The average molecular weight is 128 g/mol. The highest BCUT2D eigenvalue weighted by Crippen LogP contribution is 1.97. The molecule has 1 heterocycles. The van der Waals surface area contributed by atoms with Gasteiger partial charge < -0.3 is 5.11 Å². The van der Waals surface area contributed by atoms with Gasteiger partial charge in [-0.15, -0.1) is 0 Å². The lowest BCUT2D eigenvalue weighted by atomic mass is 10.2. The number of hydrazone groups is 1. The van der Waals surface area contributed by atoms with Gasteiger partial charge in [-0.05, 0) is 6.42 Å². The second-order valence-corrected chi connectivity index (χ2v) is 1.87. The first-order valence-electron chi connectivity index (χ1n) is 2.78.